The van der Waals surface area contributed by atoms with Crippen molar-refractivity contribution in [3.05, 3.63) is 0 Å². The van der Waals surface area contributed by atoms with Crippen molar-refractivity contribution in [2.24, 2.45) is 0 Å². The number of carbonyl (C=O) groups is 2. The average molecular weight is 306 g/mol. The molecule has 0 fully saturated rings. The van der Waals surface area contributed by atoms with Crippen molar-refractivity contribution < 1.29 is 28.6 Å². The van der Waals surface area contributed by atoms with Crippen molar-refractivity contribution in [1.82, 2.24) is 0 Å². The van der Waals surface area contributed by atoms with Gasteiger partial charge in [-0.15, -0.1) is 0 Å². The SMILES string of the molecule is CCC(F)CCC(=O)[O-].CCC(F)CCC(=O)[O-].[Ca+2]. The van der Waals surface area contributed by atoms with E-state index in [1.807, 2.05) is 0 Å². The van der Waals surface area contributed by atoms with Gasteiger partial charge >= 0.3 is 37.7 Å². The monoisotopic (exact) mass is 306 g/mol. The van der Waals surface area contributed by atoms with Gasteiger partial charge in [-0.3, -0.25) is 0 Å². The number of rotatable bonds is 8. The molecule has 7 heteroatoms. The molecule has 0 aromatic heterocycles. The molecule has 2 unspecified atom stereocenters. The Kier molecular flexibility index (Phi) is 20.4. The summed E-state index contributed by atoms with van der Waals surface area (Å²) in [6, 6.07) is 0. The quantitative estimate of drug-likeness (QED) is 0.598. The minimum absolute atomic E-state index is 0. The van der Waals surface area contributed by atoms with Crippen molar-refractivity contribution in [1.29, 1.82) is 0 Å². The van der Waals surface area contributed by atoms with Crippen molar-refractivity contribution in [3.63, 3.8) is 0 Å². The van der Waals surface area contributed by atoms with Crippen LogP contribution in [0.5, 0.6) is 0 Å². The molecule has 4 nitrogen and oxygen atoms in total. The van der Waals surface area contributed by atoms with Crippen molar-refractivity contribution in [2.45, 2.75) is 64.7 Å². The van der Waals surface area contributed by atoms with Crippen LogP contribution in [-0.4, -0.2) is 62.0 Å². The molecule has 0 aliphatic heterocycles. The van der Waals surface area contributed by atoms with Crippen molar-refractivity contribution in [2.75, 3.05) is 0 Å². The van der Waals surface area contributed by atoms with Gasteiger partial charge in [0, 0.05) is 11.9 Å². The van der Waals surface area contributed by atoms with Gasteiger partial charge in [0.05, 0.1) is 0 Å². The van der Waals surface area contributed by atoms with E-state index in [9.17, 15) is 28.6 Å². The van der Waals surface area contributed by atoms with Crippen molar-refractivity contribution >= 4 is 49.7 Å². The zero-order chi connectivity index (χ0) is 14.6. The van der Waals surface area contributed by atoms with Gasteiger partial charge in [-0.2, -0.15) is 0 Å². The first kappa shape index (κ1) is 24.1. The molecule has 0 rings (SSSR count). The summed E-state index contributed by atoms with van der Waals surface area (Å²) in [5.41, 5.74) is 0. The summed E-state index contributed by atoms with van der Waals surface area (Å²) in [5, 5.41) is 19.5. The first-order valence-electron chi connectivity index (χ1n) is 6.01. The van der Waals surface area contributed by atoms with Crippen LogP contribution in [0.3, 0.4) is 0 Å². The van der Waals surface area contributed by atoms with Crippen molar-refractivity contribution in [3.8, 4) is 0 Å². The van der Waals surface area contributed by atoms with E-state index < -0.39 is 24.3 Å². The van der Waals surface area contributed by atoms with Crippen LogP contribution in [-0.2, 0) is 9.59 Å². The maximum Gasteiger partial charge on any atom is 2.00 e. The van der Waals surface area contributed by atoms with Gasteiger partial charge in [0.2, 0.25) is 0 Å². The van der Waals surface area contributed by atoms with Crippen LogP contribution in [0, 0.1) is 0 Å². The predicted octanol–water partition coefficient (Wildman–Crippen LogP) is 0.148. The van der Waals surface area contributed by atoms with E-state index in [-0.39, 0.29) is 63.4 Å². The minimum Gasteiger partial charge on any atom is -0.550 e. The molecule has 0 spiro atoms. The molecule has 0 bridgehead atoms. The molecule has 0 N–H and O–H groups in total. The van der Waals surface area contributed by atoms with E-state index in [0.717, 1.165) is 0 Å². The number of carbonyl (C=O) groups excluding carboxylic acids is 2. The first-order valence-corrected chi connectivity index (χ1v) is 6.01. The molecular weight excluding hydrogens is 286 g/mol. The molecule has 0 aromatic carbocycles. The Hall–Kier alpha value is 0.0597. The summed E-state index contributed by atoms with van der Waals surface area (Å²) in [5.74, 6) is -2.35. The number of hydrogen-bond acceptors (Lipinski definition) is 4. The topological polar surface area (TPSA) is 80.3 Å². The molecule has 0 heterocycles. The van der Waals surface area contributed by atoms with E-state index in [1.54, 1.807) is 13.8 Å². The first-order chi connectivity index (χ1) is 8.33. The van der Waals surface area contributed by atoms with Crippen LogP contribution in [0.2, 0.25) is 0 Å². The Morgan fingerprint density at radius 2 is 1.16 bits per heavy atom. The van der Waals surface area contributed by atoms with Crippen LogP contribution in [0.1, 0.15) is 52.4 Å². The van der Waals surface area contributed by atoms with Gasteiger partial charge in [-0.05, 0) is 38.5 Å². The zero-order valence-corrected chi connectivity index (χ0v) is 13.7. The summed E-state index contributed by atoms with van der Waals surface area (Å²) in [4.78, 5) is 19.5. The summed E-state index contributed by atoms with van der Waals surface area (Å²) in [6.45, 7) is 3.36. The molecule has 0 amide bonds. The smallest absolute Gasteiger partial charge is 0.550 e. The average Bonchev–Trinajstić information content (AvgIpc) is 2.33. The number of carboxylic acids is 2. The number of carboxylic acid groups (broad SMARTS) is 2. The maximum absolute atomic E-state index is 12.2. The van der Waals surface area contributed by atoms with Gasteiger partial charge in [0.25, 0.3) is 0 Å². The molecular formula is C12H20CaF2O4. The Morgan fingerprint density at radius 3 is 1.32 bits per heavy atom. The largest absolute Gasteiger partial charge is 2.00 e. The van der Waals surface area contributed by atoms with Gasteiger partial charge in [-0.1, -0.05) is 13.8 Å². The molecule has 108 valence electrons. The molecule has 0 radical (unpaired) electrons. The Morgan fingerprint density at radius 1 is 0.895 bits per heavy atom. The maximum atomic E-state index is 12.2. The minimum atomic E-state index is -1.17. The van der Waals surface area contributed by atoms with Crippen LogP contribution in [0.15, 0.2) is 0 Å². The molecule has 0 saturated carbocycles. The van der Waals surface area contributed by atoms with E-state index >= 15 is 0 Å². The number of alkyl halides is 2. The number of aliphatic carboxylic acids is 2. The van der Waals surface area contributed by atoms with Gasteiger partial charge in [0.15, 0.2) is 0 Å². The third kappa shape index (κ3) is 23.6. The summed E-state index contributed by atoms with van der Waals surface area (Å²) in [6.07, 6.45) is -1.38. The third-order valence-electron chi connectivity index (χ3n) is 2.21. The van der Waals surface area contributed by atoms with Crippen LogP contribution < -0.4 is 10.2 Å². The fourth-order valence-corrected chi connectivity index (χ4v) is 0.957. The van der Waals surface area contributed by atoms with Crippen LogP contribution in [0.25, 0.3) is 0 Å². The Bertz CT molecular complexity index is 216. The predicted molar refractivity (Wildman–Crippen MR) is 64.6 cm³/mol. The second-order valence-electron chi connectivity index (χ2n) is 3.83. The Labute approximate surface area is 142 Å². The van der Waals surface area contributed by atoms with E-state index in [1.165, 1.54) is 0 Å². The summed E-state index contributed by atoms with van der Waals surface area (Å²) in [7, 11) is 0. The van der Waals surface area contributed by atoms with E-state index in [4.69, 9.17) is 0 Å². The zero-order valence-electron chi connectivity index (χ0n) is 11.5. The molecule has 2 atom stereocenters. The van der Waals surface area contributed by atoms with Gasteiger partial charge < -0.3 is 19.8 Å². The number of hydrogen-bond donors (Lipinski definition) is 0. The Balaban J connectivity index is -0.000000256. The summed E-state index contributed by atoms with van der Waals surface area (Å²) < 4.78 is 24.4. The van der Waals surface area contributed by atoms with Gasteiger partial charge in [0.1, 0.15) is 12.3 Å². The van der Waals surface area contributed by atoms with Crippen LogP contribution in [0.4, 0.5) is 8.78 Å². The third-order valence-corrected chi connectivity index (χ3v) is 2.21. The standard InChI is InChI=1S/2C6H11FO2.Ca/c2*1-2-5(7)3-4-6(8)9;/h2*5H,2-4H2,1H3,(H,8,9);/q;;+2/p-2. The molecule has 19 heavy (non-hydrogen) atoms. The normalized spacial score (nSPS) is 12.4. The molecule has 0 aliphatic carbocycles. The van der Waals surface area contributed by atoms with Gasteiger partial charge in [-0.25, -0.2) is 8.78 Å². The van der Waals surface area contributed by atoms with E-state index in [2.05, 4.69) is 0 Å². The molecule has 0 aliphatic rings. The molecule has 0 aromatic rings. The fraction of sp³-hybridized carbons (Fsp3) is 0.833. The van der Waals surface area contributed by atoms with Crippen LogP contribution >= 0.6 is 0 Å². The molecule has 0 saturated heterocycles. The number of halogens is 2. The van der Waals surface area contributed by atoms with E-state index in [0.29, 0.717) is 12.8 Å². The second-order valence-corrected chi connectivity index (χ2v) is 3.83. The second kappa shape index (κ2) is 16.1. The fourth-order valence-electron chi connectivity index (χ4n) is 0.957. The summed E-state index contributed by atoms with van der Waals surface area (Å²) >= 11 is 0.